The molecular weight excluding hydrogens is 247 g/mol. The molecule has 0 aromatic heterocycles. The Morgan fingerprint density at radius 3 is 0.500 bits per heavy atom. The van der Waals surface area contributed by atoms with E-state index in [1.165, 1.54) is 0 Å². The molecular formula is VZn3. The molecule has 0 aromatic carbocycles. The third kappa shape index (κ3) is 8.82. The molecule has 0 aliphatic carbocycles. The maximum Gasteiger partial charge on any atom is 0 e. The van der Waals surface area contributed by atoms with Crippen LogP contribution in [0.4, 0.5) is 0 Å². The van der Waals surface area contributed by atoms with Crippen molar-refractivity contribution >= 4 is 0 Å². The fourth-order valence-electron chi connectivity index (χ4n) is 0. The maximum atomic E-state index is 0. The van der Waals surface area contributed by atoms with Crippen LogP contribution in [0.25, 0.3) is 0 Å². The minimum absolute atomic E-state index is 0. The van der Waals surface area contributed by atoms with Crippen molar-refractivity contribution in [3.05, 3.63) is 0 Å². The number of hydrogen-bond donors (Lipinski definition) is 0. The van der Waals surface area contributed by atoms with E-state index < -0.39 is 0 Å². The molecule has 0 saturated heterocycles. The van der Waals surface area contributed by atoms with Crippen molar-refractivity contribution in [2.45, 2.75) is 0 Å². The summed E-state index contributed by atoms with van der Waals surface area (Å²) in [5, 5.41) is 0. The summed E-state index contributed by atoms with van der Waals surface area (Å²) < 4.78 is 0. The topological polar surface area (TPSA) is 0 Å². The van der Waals surface area contributed by atoms with E-state index in [9.17, 15) is 0 Å². The molecule has 0 saturated carbocycles. The van der Waals surface area contributed by atoms with Crippen LogP contribution in [0, 0.1) is 0 Å². The molecule has 0 atom stereocenters. The third-order valence-corrected chi connectivity index (χ3v) is 0. The molecule has 0 fully saturated rings. The first-order chi connectivity index (χ1) is 0. The van der Waals surface area contributed by atoms with E-state index in [0.717, 1.165) is 0 Å². The molecule has 4 heavy (non-hydrogen) atoms. The molecule has 0 aliphatic rings. The Morgan fingerprint density at radius 1 is 0.500 bits per heavy atom. The summed E-state index contributed by atoms with van der Waals surface area (Å²) >= 11 is 0. The SMILES string of the molecule is [V].[Zn].[Zn].[Zn]. The molecule has 0 spiro atoms. The van der Waals surface area contributed by atoms with Gasteiger partial charge >= 0.3 is 0 Å². The molecule has 0 nitrogen and oxygen atoms in total. The number of rotatable bonds is 0. The van der Waals surface area contributed by atoms with Gasteiger partial charge in [0, 0.05) is 77.0 Å². The van der Waals surface area contributed by atoms with Crippen LogP contribution in [0.5, 0.6) is 0 Å². The Morgan fingerprint density at radius 2 is 0.500 bits per heavy atom. The van der Waals surface area contributed by atoms with Crippen molar-refractivity contribution < 1.29 is 77.0 Å². The first-order valence-corrected chi connectivity index (χ1v) is 0. The van der Waals surface area contributed by atoms with Crippen LogP contribution in [-0.2, 0) is 77.0 Å². The van der Waals surface area contributed by atoms with Crippen molar-refractivity contribution in [2.24, 2.45) is 0 Å². The number of hydrogen-bond acceptors (Lipinski definition) is 0. The zero-order chi connectivity index (χ0) is 0. The van der Waals surface area contributed by atoms with Crippen LogP contribution in [0.1, 0.15) is 0 Å². The van der Waals surface area contributed by atoms with Crippen molar-refractivity contribution in [1.29, 1.82) is 0 Å². The average Bonchev–Trinajstić information content (AvgIpc) is 0. The van der Waals surface area contributed by atoms with Gasteiger partial charge in [0.1, 0.15) is 0 Å². The van der Waals surface area contributed by atoms with E-state index in [-0.39, 0.29) is 77.0 Å². The second-order valence-corrected chi connectivity index (χ2v) is 0. The molecule has 0 heterocycles. The van der Waals surface area contributed by atoms with Crippen molar-refractivity contribution in [3.8, 4) is 0 Å². The van der Waals surface area contributed by atoms with Crippen LogP contribution in [0.3, 0.4) is 0 Å². The zero-order valence-electron chi connectivity index (χ0n) is 2.57. The van der Waals surface area contributed by atoms with Crippen LogP contribution < -0.4 is 0 Å². The van der Waals surface area contributed by atoms with Gasteiger partial charge in [-0.2, -0.15) is 0 Å². The average molecular weight is 247 g/mol. The van der Waals surface area contributed by atoms with Gasteiger partial charge in [0.05, 0.1) is 0 Å². The molecule has 0 aromatic rings. The molecule has 0 aliphatic heterocycles. The Labute approximate surface area is 76.0 Å². The van der Waals surface area contributed by atoms with E-state index in [0.29, 0.717) is 0 Å². The van der Waals surface area contributed by atoms with Gasteiger partial charge in [-0.3, -0.25) is 0 Å². The van der Waals surface area contributed by atoms with E-state index in [1.54, 1.807) is 0 Å². The van der Waals surface area contributed by atoms with E-state index in [2.05, 4.69) is 0 Å². The minimum Gasteiger partial charge on any atom is 0 e. The Hall–Kier alpha value is 2.45. The summed E-state index contributed by atoms with van der Waals surface area (Å²) in [7, 11) is 0. The van der Waals surface area contributed by atoms with Gasteiger partial charge in [0.15, 0.2) is 0 Å². The van der Waals surface area contributed by atoms with Crippen LogP contribution in [-0.4, -0.2) is 0 Å². The molecule has 0 bridgehead atoms. The summed E-state index contributed by atoms with van der Waals surface area (Å²) in [4.78, 5) is 0. The predicted molar refractivity (Wildman–Crippen MR) is 0 cm³/mol. The summed E-state index contributed by atoms with van der Waals surface area (Å²) in [6.45, 7) is 0. The molecule has 0 rings (SSSR count). The third-order valence-electron chi connectivity index (χ3n) is 0. The van der Waals surface area contributed by atoms with Crippen LogP contribution in [0.15, 0.2) is 0 Å². The fourth-order valence-corrected chi connectivity index (χ4v) is 0. The summed E-state index contributed by atoms with van der Waals surface area (Å²) in [6.07, 6.45) is 0. The monoisotopic (exact) mass is 243 g/mol. The Balaban J connectivity index is 0. The van der Waals surface area contributed by atoms with Gasteiger partial charge < -0.3 is 0 Å². The van der Waals surface area contributed by atoms with E-state index in [1.807, 2.05) is 0 Å². The quantitative estimate of drug-likeness (QED) is 0.528. The second kappa shape index (κ2) is 18.0. The Bertz CT molecular complexity index is 3.25. The molecule has 0 unspecified atom stereocenters. The van der Waals surface area contributed by atoms with Gasteiger partial charge in [0.25, 0.3) is 0 Å². The molecule has 11 valence electrons. The van der Waals surface area contributed by atoms with Crippen LogP contribution >= 0.6 is 0 Å². The largest absolute Gasteiger partial charge is 0 e. The van der Waals surface area contributed by atoms with Gasteiger partial charge in [-0.1, -0.05) is 0 Å². The van der Waals surface area contributed by atoms with E-state index >= 15 is 0 Å². The van der Waals surface area contributed by atoms with Crippen LogP contribution in [0.2, 0.25) is 0 Å². The maximum absolute atomic E-state index is 0. The van der Waals surface area contributed by atoms with Gasteiger partial charge in [-0.05, 0) is 0 Å². The van der Waals surface area contributed by atoms with Gasteiger partial charge in [-0.15, -0.1) is 0 Å². The normalized spacial score (nSPS) is 0. The first-order valence-electron chi connectivity index (χ1n) is 0. The van der Waals surface area contributed by atoms with Gasteiger partial charge in [0.2, 0.25) is 0 Å². The van der Waals surface area contributed by atoms with Gasteiger partial charge in [-0.25, -0.2) is 0 Å². The summed E-state index contributed by atoms with van der Waals surface area (Å²) in [5.41, 5.74) is 0. The summed E-state index contributed by atoms with van der Waals surface area (Å²) in [6, 6.07) is 0. The van der Waals surface area contributed by atoms with Crippen molar-refractivity contribution in [2.75, 3.05) is 0 Å². The van der Waals surface area contributed by atoms with Crippen molar-refractivity contribution in [1.82, 2.24) is 0 Å². The molecule has 0 N–H and O–H groups in total. The van der Waals surface area contributed by atoms with Crippen molar-refractivity contribution in [3.63, 3.8) is 0 Å². The zero-order valence-corrected chi connectivity index (χ0v) is 12.9. The molecule has 1 radical (unpaired) electrons. The first kappa shape index (κ1) is 31.9. The Kier molecular flexibility index (Phi) is 143. The molecule has 4 heteroatoms. The molecule has 0 amide bonds. The fraction of sp³-hybridized carbons (Fsp3) is 0. The minimum atomic E-state index is 0. The smallest absolute Gasteiger partial charge is 0 e. The predicted octanol–water partition coefficient (Wildman–Crippen LogP) is -0.0100. The summed E-state index contributed by atoms with van der Waals surface area (Å²) in [5.74, 6) is 0. The standard InChI is InChI=1S/V.3Zn. The second-order valence-electron chi connectivity index (χ2n) is 0. The van der Waals surface area contributed by atoms with E-state index in [4.69, 9.17) is 0 Å².